The molecule has 0 radical (unpaired) electrons. The van der Waals surface area contributed by atoms with Crippen molar-refractivity contribution in [2.24, 2.45) is 0 Å². The first kappa shape index (κ1) is 14.3. The van der Waals surface area contributed by atoms with E-state index in [0.717, 1.165) is 12.8 Å². The summed E-state index contributed by atoms with van der Waals surface area (Å²) in [6.45, 7) is 0. The minimum absolute atomic E-state index is 1.16. The van der Waals surface area contributed by atoms with E-state index in [0.29, 0.717) is 0 Å². The van der Waals surface area contributed by atoms with E-state index in [1.54, 1.807) is 0 Å². The van der Waals surface area contributed by atoms with Crippen molar-refractivity contribution in [3.63, 3.8) is 0 Å². The van der Waals surface area contributed by atoms with Gasteiger partial charge in [0.1, 0.15) is 0 Å². The Balaban J connectivity index is 1.58. The van der Waals surface area contributed by atoms with Crippen LogP contribution in [-0.4, -0.2) is 0 Å². The van der Waals surface area contributed by atoms with Crippen molar-refractivity contribution in [2.45, 2.75) is 25.7 Å². The molecule has 2 rings (SSSR count). The normalized spacial score (nSPS) is 11.4. The minimum atomic E-state index is 1.16. The van der Waals surface area contributed by atoms with E-state index in [4.69, 9.17) is 0 Å². The van der Waals surface area contributed by atoms with Crippen molar-refractivity contribution >= 4 is 12.2 Å². The van der Waals surface area contributed by atoms with Crippen LogP contribution in [-0.2, 0) is 0 Å². The summed E-state index contributed by atoms with van der Waals surface area (Å²) < 4.78 is 0. The third-order valence-electron chi connectivity index (χ3n) is 3.21. The van der Waals surface area contributed by atoms with Crippen molar-refractivity contribution in [1.29, 1.82) is 0 Å². The highest BCUT2D eigenvalue weighted by atomic mass is 13.9. The highest BCUT2D eigenvalue weighted by molar-refractivity contribution is 5.49. The molecule has 0 heteroatoms. The molecule has 0 aromatic heterocycles. The molecule has 0 fully saturated rings. The highest BCUT2D eigenvalue weighted by Crippen LogP contribution is 2.07. The third kappa shape index (κ3) is 5.71. The lowest BCUT2D eigenvalue weighted by molar-refractivity contribution is 0.765. The SMILES string of the molecule is C(=C/c1ccccc1)/CCCC/C=C\c1ccccc1. The van der Waals surface area contributed by atoms with Gasteiger partial charge in [-0.1, -0.05) is 85.0 Å². The number of hydrogen-bond donors (Lipinski definition) is 0. The van der Waals surface area contributed by atoms with Crippen molar-refractivity contribution < 1.29 is 0 Å². The molecule has 0 saturated heterocycles. The molecule has 0 heterocycles. The van der Waals surface area contributed by atoms with Gasteiger partial charge in [-0.3, -0.25) is 0 Å². The van der Waals surface area contributed by atoms with Crippen molar-refractivity contribution in [2.75, 3.05) is 0 Å². The number of rotatable bonds is 7. The zero-order valence-electron chi connectivity index (χ0n) is 11.9. The van der Waals surface area contributed by atoms with Gasteiger partial charge in [0.15, 0.2) is 0 Å². The van der Waals surface area contributed by atoms with Gasteiger partial charge in [-0.05, 0) is 36.8 Å². The summed E-state index contributed by atoms with van der Waals surface area (Å²) in [4.78, 5) is 0. The fourth-order valence-electron chi connectivity index (χ4n) is 2.09. The van der Waals surface area contributed by atoms with Gasteiger partial charge in [-0.25, -0.2) is 0 Å². The van der Waals surface area contributed by atoms with Gasteiger partial charge in [-0.15, -0.1) is 0 Å². The second-order valence-corrected chi connectivity index (χ2v) is 4.91. The lowest BCUT2D eigenvalue weighted by Gasteiger charge is -1.95. The molecule has 2 aromatic carbocycles. The van der Waals surface area contributed by atoms with Crippen LogP contribution in [0.3, 0.4) is 0 Å². The molecule has 0 saturated carbocycles. The van der Waals surface area contributed by atoms with E-state index in [1.165, 1.54) is 24.0 Å². The van der Waals surface area contributed by atoms with E-state index in [1.807, 2.05) is 0 Å². The zero-order valence-corrected chi connectivity index (χ0v) is 11.9. The summed E-state index contributed by atoms with van der Waals surface area (Å²) >= 11 is 0. The maximum Gasteiger partial charge on any atom is -0.0260 e. The van der Waals surface area contributed by atoms with E-state index in [9.17, 15) is 0 Å². The van der Waals surface area contributed by atoms with Gasteiger partial charge in [0.05, 0.1) is 0 Å². The topological polar surface area (TPSA) is 0 Å². The van der Waals surface area contributed by atoms with Gasteiger partial charge in [-0.2, -0.15) is 0 Å². The maximum absolute atomic E-state index is 2.27. The minimum Gasteiger partial charge on any atom is -0.0839 e. The summed E-state index contributed by atoms with van der Waals surface area (Å²) in [7, 11) is 0. The van der Waals surface area contributed by atoms with Gasteiger partial charge in [0.2, 0.25) is 0 Å². The largest absolute Gasteiger partial charge is 0.0839 e. The Hall–Kier alpha value is -2.08. The molecule has 0 aliphatic carbocycles. The molecule has 0 nitrogen and oxygen atoms in total. The number of benzene rings is 2. The molecular formula is C20H22. The van der Waals surface area contributed by atoms with Crippen LogP contribution in [0.2, 0.25) is 0 Å². The van der Waals surface area contributed by atoms with Gasteiger partial charge >= 0.3 is 0 Å². The second kappa shape index (κ2) is 8.92. The Bertz CT molecular complexity index is 469. The standard InChI is InChI=1S/C20H22/c1(3-7-13-19-15-9-5-10-16-19)2-4-8-14-20-17-11-6-12-18-20/h5-18H,1-4H2/b13-7-,14-8-. The van der Waals surface area contributed by atoms with E-state index < -0.39 is 0 Å². The lowest BCUT2D eigenvalue weighted by atomic mass is 10.1. The molecule has 2 aromatic rings. The van der Waals surface area contributed by atoms with Crippen LogP contribution in [0.4, 0.5) is 0 Å². The van der Waals surface area contributed by atoms with Crippen LogP contribution in [0.5, 0.6) is 0 Å². The van der Waals surface area contributed by atoms with Crippen LogP contribution in [0.25, 0.3) is 12.2 Å². The summed E-state index contributed by atoms with van der Waals surface area (Å²) in [6, 6.07) is 21.0. The van der Waals surface area contributed by atoms with Crippen molar-refractivity contribution in [3.05, 3.63) is 83.9 Å². The Morgan fingerprint density at radius 3 is 1.35 bits per heavy atom. The second-order valence-electron chi connectivity index (χ2n) is 4.91. The Morgan fingerprint density at radius 1 is 0.550 bits per heavy atom. The quantitative estimate of drug-likeness (QED) is 0.539. The predicted molar refractivity (Wildman–Crippen MR) is 89.4 cm³/mol. The Kier molecular flexibility index (Phi) is 6.40. The fraction of sp³-hybridized carbons (Fsp3) is 0.200. The highest BCUT2D eigenvalue weighted by Gasteiger charge is 1.86. The average molecular weight is 262 g/mol. The first-order valence-electron chi connectivity index (χ1n) is 7.38. The van der Waals surface area contributed by atoms with Crippen molar-refractivity contribution in [3.8, 4) is 0 Å². The van der Waals surface area contributed by atoms with E-state index in [2.05, 4.69) is 85.0 Å². The molecule has 0 bridgehead atoms. The van der Waals surface area contributed by atoms with Crippen LogP contribution < -0.4 is 0 Å². The number of allylic oxidation sites excluding steroid dienone is 2. The fourth-order valence-corrected chi connectivity index (χ4v) is 2.09. The van der Waals surface area contributed by atoms with E-state index >= 15 is 0 Å². The average Bonchev–Trinajstić information content (AvgIpc) is 2.52. The van der Waals surface area contributed by atoms with Crippen molar-refractivity contribution in [1.82, 2.24) is 0 Å². The Morgan fingerprint density at radius 2 is 0.950 bits per heavy atom. The first-order chi connectivity index (χ1) is 9.95. The van der Waals surface area contributed by atoms with Crippen LogP contribution in [0.15, 0.2) is 72.8 Å². The van der Waals surface area contributed by atoms with Gasteiger partial charge < -0.3 is 0 Å². The maximum atomic E-state index is 2.27. The summed E-state index contributed by atoms with van der Waals surface area (Å²) in [6.07, 6.45) is 13.8. The molecule has 0 N–H and O–H groups in total. The van der Waals surface area contributed by atoms with Crippen LogP contribution in [0.1, 0.15) is 36.8 Å². The molecule has 20 heavy (non-hydrogen) atoms. The summed E-state index contributed by atoms with van der Waals surface area (Å²) in [5.74, 6) is 0. The molecule has 0 atom stereocenters. The molecule has 0 aliphatic rings. The van der Waals surface area contributed by atoms with Gasteiger partial charge in [0.25, 0.3) is 0 Å². The summed E-state index contributed by atoms with van der Waals surface area (Å²) in [5, 5.41) is 0. The monoisotopic (exact) mass is 262 g/mol. The van der Waals surface area contributed by atoms with Crippen LogP contribution >= 0.6 is 0 Å². The third-order valence-corrected chi connectivity index (χ3v) is 3.21. The number of hydrogen-bond acceptors (Lipinski definition) is 0. The summed E-state index contributed by atoms with van der Waals surface area (Å²) in [5.41, 5.74) is 2.58. The molecule has 0 spiro atoms. The predicted octanol–water partition coefficient (Wildman–Crippen LogP) is 5.97. The smallest absolute Gasteiger partial charge is 0.0260 e. The number of unbranched alkanes of at least 4 members (excludes halogenated alkanes) is 3. The lowest BCUT2D eigenvalue weighted by Crippen LogP contribution is -1.74. The zero-order chi connectivity index (χ0) is 13.9. The van der Waals surface area contributed by atoms with E-state index in [-0.39, 0.29) is 0 Å². The molecule has 102 valence electrons. The Labute approximate surface area is 122 Å². The molecule has 0 unspecified atom stereocenters. The molecular weight excluding hydrogens is 240 g/mol. The van der Waals surface area contributed by atoms with Crippen LogP contribution in [0, 0.1) is 0 Å². The first-order valence-corrected chi connectivity index (χ1v) is 7.38. The molecule has 0 aliphatic heterocycles. The van der Waals surface area contributed by atoms with Gasteiger partial charge in [0, 0.05) is 0 Å². The molecule has 0 amide bonds.